The summed E-state index contributed by atoms with van der Waals surface area (Å²) in [6.45, 7) is 6.40. The highest BCUT2D eigenvalue weighted by Gasteiger charge is 2.37. The summed E-state index contributed by atoms with van der Waals surface area (Å²) in [4.78, 5) is 16.4. The number of aromatic nitrogens is 5. The predicted molar refractivity (Wildman–Crippen MR) is 108 cm³/mol. The van der Waals surface area contributed by atoms with Gasteiger partial charge in [0.25, 0.3) is 0 Å². The number of nitrogens with zero attached hydrogens (tertiary/aromatic N) is 5. The molecule has 2 aliphatic rings. The van der Waals surface area contributed by atoms with E-state index >= 15 is 0 Å². The van der Waals surface area contributed by atoms with Gasteiger partial charge in [0, 0.05) is 36.9 Å². The van der Waals surface area contributed by atoms with Gasteiger partial charge in [0.05, 0.1) is 23.5 Å². The number of fused-ring (bicyclic) bond motifs is 1. The van der Waals surface area contributed by atoms with Gasteiger partial charge in [-0.3, -0.25) is 10.1 Å². The third-order valence-corrected chi connectivity index (χ3v) is 6.01. The number of hydrogen-bond donors (Lipinski definition) is 2. The third kappa shape index (κ3) is 3.15. The SMILES string of the molecule is Cc1[nH]ncc1-c1nc(N2CCC3(CCNC3)CC2)c2ccncc2n1.Cl. The second kappa shape index (κ2) is 7.05. The van der Waals surface area contributed by atoms with E-state index in [1.54, 1.807) is 6.20 Å². The molecule has 2 N–H and O–H groups in total. The predicted octanol–water partition coefficient (Wildman–Crippen LogP) is 2.73. The zero-order valence-corrected chi connectivity index (χ0v) is 16.2. The molecule has 0 unspecified atom stereocenters. The normalized spacial score (nSPS) is 18.8. The molecule has 0 amide bonds. The Hall–Kier alpha value is -2.25. The first-order valence-electron chi connectivity index (χ1n) is 9.32. The maximum absolute atomic E-state index is 4.95. The summed E-state index contributed by atoms with van der Waals surface area (Å²) in [7, 11) is 0. The van der Waals surface area contributed by atoms with Crippen molar-refractivity contribution in [1.29, 1.82) is 0 Å². The summed E-state index contributed by atoms with van der Waals surface area (Å²) >= 11 is 0. The van der Waals surface area contributed by atoms with Crippen LogP contribution in [0.3, 0.4) is 0 Å². The van der Waals surface area contributed by atoms with E-state index in [1.165, 1.54) is 19.3 Å². The number of nitrogens with one attached hydrogen (secondary N) is 2. The van der Waals surface area contributed by atoms with Crippen molar-refractivity contribution in [2.24, 2.45) is 5.41 Å². The fourth-order valence-electron chi connectivity index (χ4n) is 4.32. The molecule has 2 fully saturated rings. The Morgan fingerprint density at radius 1 is 1.11 bits per heavy atom. The second-order valence-corrected chi connectivity index (χ2v) is 7.59. The summed E-state index contributed by atoms with van der Waals surface area (Å²) in [5.74, 6) is 1.74. The van der Waals surface area contributed by atoms with Crippen molar-refractivity contribution in [3.63, 3.8) is 0 Å². The number of H-pyrrole nitrogens is 1. The molecule has 2 saturated heterocycles. The molecule has 3 aromatic heterocycles. The Balaban J connectivity index is 0.00000180. The average Bonchev–Trinajstić information content (AvgIpc) is 3.31. The first-order valence-corrected chi connectivity index (χ1v) is 9.32. The molecule has 0 bridgehead atoms. The lowest BCUT2D eigenvalue weighted by Gasteiger charge is -2.39. The lowest BCUT2D eigenvalue weighted by atomic mass is 9.78. The van der Waals surface area contributed by atoms with Crippen molar-refractivity contribution in [2.45, 2.75) is 26.2 Å². The van der Waals surface area contributed by atoms with Crippen LogP contribution in [0.4, 0.5) is 5.82 Å². The van der Waals surface area contributed by atoms with Gasteiger partial charge in [0.2, 0.25) is 0 Å². The fourth-order valence-corrected chi connectivity index (χ4v) is 4.32. The van der Waals surface area contributed by atoms with E-state index in [4.69, 9.17) is 9.97 Å². The molecule has 0 aromatic carbocycles. The van der Waals surface area contributed by atoms with Crippen molar-refractivity contribution in [3.8, 4) is 11.4 Å². The molecule has 0 aliphatic carbocycles. The molecule has 5 heterocycles. The Morgan fingerprint density at radius 3 is 2.67 bits per heavy atom. The Kier molecular flexibility index (Phi) is 4.74. The van der Waals surface area contributed by atoms with Crippen LogP contribution in [0, 0.1) is 12.3 Å². The van der Waals surface area contributed by atoms with Crippen LogP contribution in [-0.4, -0.2) is 51.3 Å². The van der Waals surface area contributed by atoms with E-state index < -0.39 is 0 Å². The largest absolute Gasteiger partial charge is 0.356 e. The van der Waals surface area contributed by atoms with Crippen molar-refractivity contribution in [1.82, 2.24) is 30.5 Å². The molecular weight excluding hydrogens is 362 g/mol. The van der Waals surface area contributed by atoms with Crippen LogP contribution >= 0.6 is 12.4 Å². The standard InChI is InChI=1S/C19H23N7.ClH/c1-13-15(10-22-25-13)17-23-16-11-20-6-2-14(16)18(24-17)26-8-4-19(5-9-26)3-7-21-12-19;/h2,6,10-11,21H,3-5,7-9,12H2,1H3,(H,22,25);1H. The van der Waals surface area contributed by atoms with Gasteiger partial charge in [-0.1, -0.05) is 0 Å². The maximum atomic E-state index is 4.95. The molecule has 8 heteroatoms. The van der Waals surface area contributed by atoms with Crippen molar-refractivity contribution in [2.75, 3.05) is 31.1 Å². The molecule has 0 atom stereocenters. The Bertz CT molecular complexity index is 938. The first kappa shape index (κ1) is 18.1. The number of halogens is 1. The molecular formula is C19H24ClN7. The topological polar surface area (TPSA) is 82.6 Å². The molecule has 2 aliphatic heterocycles. The van der Waals surface area contributed by atoms with Crippen LogP contribution in [0.25, 0.3) is 22.3 Å². The van der Waals surface area contributed by atoms with E-state index in [0.29, 0.717) is 5.41 Å². The quantitative estimate of drug-likeness (QED) is 0.705. The highest BCUT2D eigenvalue weighted by Crippen LogP contribution is 2.39. The van der Waals surface area contributed by atoms with E-state index in [0.717, 1.165) is 60.0 Å². The zero-order chi connectivity index (χ0) is 17.6. The summed E-state index contributed by atoms with van der Waals surface area (Å²) in [6, 6.07) is 2.03. The molecule has 0 saturated carbocycles. The van der Waals surface area contributed by atoms with Crippen LogP contribution in [0.15, 0.2) is 24.7 Å². The van der Waals surface area contributed by atoms with E-state index in [1.807, 2.05) is 25.4 Å². The number of rotatable bonds is 2. The fraction of sp³-hybridized carbons (Fsp3) is 0.474. The van der Waals surface area contributed by atoms with Gasteiger partial charge in [-0.15, -0.1) is 12.4 Å². The van der Waals surface area contributed by atoms with Gasteiger partial charge >= 0.3 is 0 Å². The van der Waals surface area contributed by atoms with Crippen LogP contribution < -0.4 is 10.2 Å². The van der Waals surface area contributed by atoms with Crippen LogP contribution in [0.5, 0.6) is 0 Å². The number of aryl methyl sites for hydroxylation is 1. The minimum Gasteiger partial charge on any atom is -0.356 e. The van der Waals surface area contributed by atoms with Gasteiger partial charge in [0.15, 0.2) is 5.82 Å². The van der Waals surface area contributed by atoms with Crippen LogP contribution in [0.1, 0.15) is 25.0 Å². The molecule has 7 nitrogen and oxygen atoms in total. The van der Waals surface area contributed by atoms with Gasteiger partial charge in [-0.25, -0.2) is 9.97 Å². The smallest absolute Gasteiger partial charge is 0.165 e. The highest BCUT2D eigenvalue weighted by molar-refractivity contribution is 5.90. The molecule has 5 rings (SSSR count). The molecule has 27 heavy (non-hydrogen) atoms. The second-order valence-electron chi connectivity index (χ2n) is 7.59. The summed E-state index contributed by atoms with van der Waals surface area (Å²) in [6.07, 6.45) is 9.18. The Labute approximate surface area is 164 Å². The number of hydrogen-bond acceptors (Lipinski definition) is 6. The molecule has 0 radical (unpaired) electrons. The Morgan fingerprint density at radius 2 is 1.96 bits per heavy atom. The van der Waals surface area contributed by atoms with Crippen molar-refractivity contribution in [3.05, 3.63) is 30.4 Å². The monoisotopic (exact) mass is 385 g/mol. The lowest BCUT2D eigenvalue weighted by molar-refractivity contribution is 0.247. The van der Waals surface area contributed by atoms with Gasteiger partial charge in [0.1, 0.15) is 5.82 Å². The van der Waals surface area contributed by atoms with Crippen molar-refractivity contribution < 1.29 is 0 Å². The third-order valence-electron chi connectivity index (χ3n) is 6.01. The summed E-state index contributed by atoms with van der Waals surface area (Å²) < 4.78 is 0. The van der Waals surface area contributed by atoms with E-state index in [-0.39, 0.29) is 12.4 Å². The number of aromatic amines is 1. The van der Waals surface area contributed by atoms with Crippen molar-refractivity contribution >= 4 is 29.1 Å². The molecule has 142 valence electrons. The number of pyridine rings is 1. The van der Waals surface area contributed by atoms with Crippen LogP contribution in [0.2, 0.25) is 0 Å². The van der Waals surface area contributed by atoms with Crippen LogP contribution in [-0.2, 0) is 0 Å². The highest BCUT2D eigenvalue weighted by atomic mass is 35.5. The molecule has 3 aromatic rings. The van der Waals surface area contributed by atoms with E-state index in [9.17, 15) is 0 Å². The number of anilines is 1. The van der Waals surface area contributed by atoms with Gasteiger partial charge in [-0.05, 0) is 44.2 Å². The molecule has 1 spiro atoms. The minimum atomic E-state index is 0. The van der Waals surface area contributed by atoms with E-state index in [2.05, 4.69) is 25.4 Å². The zero-order valence-electron chi connectivity index (χ0n) is 15.4. The van der Waals surface area contributed by atoms with Gasteiger partial charge in [-0.2, -0.15) is 5.10 Å². The van der Waals surface area contributed by atoms with Gasteiger partial charge < -0.3 is 10.2 Å². The maximum Gasteiger partial charge on any atom is 0.165 e. The lowest BCUT2D eigenvalue weighted by Crippen LogP contribution is -2.41. The first-order chi connectivity index (χ1) is 12.7. The summed E-state index contributed by atoms with van der Waals surface area (Å²) in [5.41, 5.74) is 3.31. The average molecular weight is 386 g/mol. The number of piperidine rings is 1. The minimum absolute atomic E-state index is 0. The summed E-state index contributed by atoms with van der Waals surface area (Å²) in [5, 5.41) is 11.7.